The summed E-state index contributed by atoms with van der Waals surface area (Å²) in [4.78, 5) is 25.0. The fourth-order valence-corrected chi connectivity index (χ4v) is 8.13. The summed E-state index contributed by atoms with van der Waals surface area (Å²) in [5.41, 5.74) is -3.35. The topological polar surface area (TPSA) is 107 Å². The second-order valence-electron chi connectivity index (χ2n) is 9.59. The van der Waals surface area contributed by atoms with Gasteiger partial charge in [-0.2, -0.15) is 0 Å². The minimum Gasteiger partial charge on any atom is -0.550 e. The van der Waals surface area contributed by atoms with Crippen molar-refractivity contribution in [3.8, 4) is 0 Å². The number of fused-ring (bicyclic) bond motifs is 1. The van der Waals surface area contributed by atoms with Gasteiger partial charge >= 0.3 is 5.97 Å². The average molecular weight is 349 g/mol. The molecule has 0 aromatic carbocycles. The molecule has 6 nitrogen and oxygen atoms in total. The van der Waals surface area contributed by atoms with E-state index in [0.29, 0.717) is 19.3 Å². The van der Waals surface area contributed by atoms with Gasteiger partial charge in [0.1, 0.15) is 5.60 Å². The Morgan fingerprint density at radius 2 is 2.12 bits per heavy atom. The Hall–Kier alpha value is -1.14. The van der Waals surface area contributed by atoms with Crippen molar-refractivity contribution >= 4 is 11.9 Å². The third kappa shape index (κ3) is 1.52. The van der Waals surface area contributed by atoms with E-state index in [9.17, 15) is 24.9 Å². The van der Waals surface area contributed by atoms with Crippen molar-refractivity contribution in [2.75, 3.05) is 6.61 Å². The van der Waals surface area contributed by atoms with Crippen molar-refractivity contribution < 1.29 is 29.6 Å². The largest absolute Gasteiger partial charge is 0.550 e. The Morgan fingerprint density at radius 3 is 2.80 bits per heavy atom. The predicted octanol–water partition coefficient (Wildman–Crippen LogP) is -0.00210. The van der Waals surface area contributed by atoms with E-state index in [-0.39, 0.29) is 36.8 Å². The van der Waals surface area contributed by atoms with E-state index >= 15 is 0 Å². The van der Waals surface area contributed by atoms with Crippen molar-refractivity contribution in [1.29, 1.82) is 0 Å². The van der Waals surface area contributed by atoms with Gasteiger partial charge in [-0.05, 0) is 63.2 Å². The molecule has 5 fully saturated rings. The highest BCUT2D eigenvalue weighted by molar-refractivity contribution is 5.84. The number of rotatable bonds is 2. The molecule has 1 unspecified atom stereocenters. The van der Waals surface area contributed by atoms with Crippen LogP contribution in [0.15, 0.2) is 0 Å². The van der Waals surface area contributed by atoms with Crippen molar-refractivity contribution in [2.24, 2.45) is 34.5 Å². The van der Waals surface area contributed by atoms with Gasteiger partial charge in [0.25, 0.3) is 0 Å². The number of carbonyl (C=O) groups is 2. The van der Waals surface area contributed by atoms with Crippen LogP contribution in [0.25, 0.3) is 0 Å². The first kappa shape index (κ1) is 16.1. The van der Waals surface area contributed by atoms with Crippen molar-refractivity contribution in [1.82, 2.24) is 0 Å². The van der Waals surface area contributed by atoms with Gasteiger partial charge in [0.2, 0.25) is 0 Å². The molecular formula is C19H25O6-. The standard InChI is InChI=1S/C19H26O6/c1-16-5-2-6-19(25-15(16)23)11-4-3-10-7-17(11,8-18(10,24)9-20)12(13(16)19)14(21)22/h10-13,20,24H,2-9H2,1H3,(H,21,22)/p-1/t10-,11-,12-,13-,16+,17-,18+,19?/m1/s1. The van der Waals surface area contributed by atoms with E-state index in [0.717, 1.165) is 19.3 Å². The lowest BCUT2D eigenvalue weighted by Crippen LogP contribution is -2.50. The minimum atomic E-state index is -1.23. The van der Waals surface area contributed by atoms with Gasteiger partial charge in [0.05, 0.1) is 17.6 Å². The molecule has 6 heteroatoms. The van der Waals surface area contributed by atoms with E-state index in [1.807, 2.05) is 6.92 Å². The SMILES string of the molecule is C[C@@]12CCCC3(OC1=O)[C@@H]1CC[C@@H]4C[C@]1(C[C@]4(O)CO)[C@@H](C(=O)[O-])[C@@H]32. The number of esters is 1. The van der Waals surface area contributed by atoms with Crippen LogP contribution in [-0.2, 0) is 14.3 Å². The van der Waals surface area contributed by atoms with Gasteiger partial charge in [-0.25, -0.2) is 0 Å². The van der Waals surface area contributed by atoms with Gasteiger partial charge in [0, 0.05) is 23.7 Å². The van der Waals surface area contributed by atoms with Crippen LogP contribution in [0.4, 0.5) is 0 Å². The number of ether oxygens (including phenoxy) is 1. The normalized spacial score (nSPS) is 58.6. The molecule has 1 saturated heterocycles. The zero-order chi connectivity index (χ0) is 17.8. The number of hydrogen-bond donors (Lipinski definition) is 2. The third-order valence-corrected chi connectivity index (χ3v) is 8.82. The van der Waals surface area contributed by atoms with Crippen LogP contribution in [-0.4, -0.2) is 40.0 Å². The van der Waals surface area contributed by atoms with Crippen LogP contribution in [0.1, 0.15) is 51.9 Å². The van der Waals surface area contributed by atoms with E-state index < -0.39 is 33.9 Å². The molecule has 5 rings (SSSR count). The summed E-state index contributed by atoms with van der Waals surface area (Å²) in [7, 11) is 0. The lowest BCUT2D eigenvalue weighted by molar-refractivity contribution is -0.318. The molecule has 4 bridgehead atoms. The number of hydrogen-bond acceptors (Lipinski definition) is 6. The second kappa shape index (κ2) is 4.39. The summed E-state index contributed by atoms with van der Waals surface area (Å²) in [5, 5.41) is 33.1. The molecular weight excluding hydrogens is 324 g/mol. The van der Waals surface area contributed by atoms with Crippen molar-refractivity contribution in [3.05, 3.63) is 0 Å². The maximum absolute atomic E-state index is 12.7. The molecule has 25 heavy (non-hydrogen) atoms. The molecule has 8 atom stereocenters. The number of carboxylic acids is 1. The van der Waals surface area contributed by atoms with Crippen LogP contribution in [0, 0.1) is 34.5 Å². The number of carboxylic acid groups (broad SMARTS) is 1. The molecule has 0 aromatic rings. The van der Waals surface area contributed by atoms with Gasteiger partial charge in [-0.15, -0.1) is 0 Å². The molecule has 2 N–H and O–H groups in total. The van der Waals surface area contributed by atoms with E-state index in [1.165, 1.54) is 0 Å². The lowest BCUT2D eigenvalue weighted by Gasteiger charge is -2.44. The van der Waals surface area contributed by atoms with Crippen LogP contribution in [0.5, 0.6) is 0 Å². The monoisotopic (exact) mass is 349 g/mol. The number of aliphatic carboxylic acids is 1. The summed E-state index contributed by atoms with van der Waals surface area (Å²) in [6.07, 6.45) is 4.56. The van der Waals surface area contributed by atoms with Crippen LogP contribution in [0.2, 0.25) is 0 Å². The molecule has 0 aromatic heterocycles. The Bertz CT molecular complexity index is 677. The van der Waals surface area contributed by atoms with Gasteiger partial charge in [-0.3, -0.25) is 4.79 Å². The number of aliphatic hydroxyl groups excluding tert-OH is 1. The zero-order valence-corrected chi connectivity index (χ0v) is 14.5. The molecule has 5 aliphatic rings. The summed E-state index contributed by atoms with van der Waals surface area (Å²) >= 11 is 0. The first-order valence-electron chi connectivity index (χ1n) is 9.51. The maximum Gasteiger partial charge on any atom is 0.312 e. The van der Waals surface area contributed by atoms with E-state index in [4.69, 9.17) is 4.74 Å². The second-order valence-corrected chi connectivity index (χ2v) is 9.59. The molecule has 0 radical (unpaired) electrons. The molecule has 1 aliphatic heterocycles. The smallest absolute Gasteiger partial charge is 0.312 e. The van der Waals surface area contributed by atoms with Gasteiger partial charge < -0.3 is 24.9 Å². The number of aliphatic hydroxyl groups is 2. The van der Waals surface area contributed by atoms with Crippen molar-refractivity contribution in [3.63, 3.8) is 0 Å². The van der Waals surface area contributed by atoms with Crippen LogP contribution in [0.3, 0.4) is 0 Å². The fraction of sp³-hybridized carbons (Fsp3) is 0.895. The Labute approximate surface area is 146 Å². The van der Waals surface area contributed by atoms with E-state index in [1.54, 1.807) is 0 Å². The predicted molar refractivity (Wildman–Crippen MR) is 82.7 cm³/mol. The Kier molecular flexibility index (Phi) is 2.82. The average Bonchev–Trinajstić information content (AvgIpc) is 2.98. The van der Waals surface area contributed by atoms with Crippen molar-refractivity contribution in [2.45, 2.75) is 63.1 Å². The molecule has 1 heterocycles. The fourth-order valence-electron chi connectivity index (χ4n) is 8.13. The number of carbonyl (C=O) groups excluding carboxylic acids is 2. The summed E-state index contributed by atoms with van der Waals surface area (Å²) in [5.74, 6) is -2.70. The summed E-state index contributed by atoms with van der Waals surface area (Å²) < 4.78 is 6.02. The quantitative estimate of drug-likeness (QED) is 0.680. The van der Waals surface area contributed by atoms with Gasteiger partial charge in [-0.1, -0.05) is 0 Å². The van der Waals surface area contributed by atoms with Crippen LogP contribution < -0.4 is 5.11 Å². The summed E-state index contributed by atoms with van der Waals surface area (Å²) in [6, 6.07) is 0. The van der Waals surface area contributed by atoms with Gasteiger partial charge in [0.15, 0.2) is 0 Å². The lowest BCUT2D eigenvalue weighted by atomic mass is 9.60. The Balaban J connectivity index is 1.72. The van der Waals surface area contributed by atoms with E-state index in [2.05, 4.69) is 0 Å². The highest BCUT2D eigenvalue weighted by atomic mass is 16.6. The molecule has 0 amide bonds. The van der Waals surface area contributed by atoms with Crippen LogP contribution >= 0.6 is 0 Å². The summed E-state index contributed by atoms with van der Waals surface area (Å²) in [6.45, 7) is 1.51. The molecule has 4 saturated carbocycles. The minimum absolute atomic E-state index is 0.0594. The highest BCUT2D eigenvalue weighted by Crippen LogP contribution is 2.78. The molecule has 1 spiro atoms. The zero-order valence-electron chi connectivity index (χ0n) is 14.5. The molecule has 4 aliphatic carbocycles. The first-order valence-corrected chi connectivity index (χ1v) is 9.51. The Morgan fingerprint density at radius 1 is 1.36 bits per heavy atom. The maximum atomic E-state index is 12.7. The third-order valence-electron chi connectivity index (χ3n) is 8.82. The first-order chi connectivity index (χ1) is 11.7. The highest BCUT2D eigenvalue weighted by Gasteiger charge is 2.81. The molecule has 138 valence electrons.